The molecule has 1 heterocycles. The van der Waals surface area contributed by atoms with Crippen LogP contribution in [0, 0.1) is 0 Å². The molecule has 1 aromatic carbocycles. The van der Waals surface area contributed by atoms with Gasteiger partial charge in [0, 0.05) is 6.20 Å². The molecule has 6 heteroatoms. The Balaban J connectivity index is 2.42. The fourth-order valence-corrected chi connectivity index (χ4v) is 1.92. The molecule has 0 atom stereocenters. The maximum Gasteiger partial charge on any atom is 0.259 e. The number of nitrogens with zero attached hydrogens (tertiary/aromatic N) is 2. The number of para-hydroxylation sites is 1. The van der Waals surface area contributed by atoms with Crippen molar-refractivity contribution in [3.05, 3.63) is 42.6 Å². The Hall–Kier alpha value is -1.66. The molecule has 5 nitrogen and oxygen atoms in total. The minimum atomic E-state index is -3.47. The third-order valence-corrected chi connectivity index (χ3v) is 3.44. The van der Waals surface area contributed by atoms with E-state index < -0.39 is 10.0 Å². The molecule has 2 rings (SSSR count). The van der Waals surface area contributed by atoms with Gasteiger partial charge in [0.2, 0.25) is 0 Å². The van der Waals surface area contributed by atoms with Gasteiger partial charge in [0.15, 0.2) is 5.03 Å². The van der Waals surface area contributed by atoms with E-state index in [1.165, 1.54) is 17.8 Å². The van der Waals surface area contributed by atoms with Crippen molar-refractivity contribution in [2.75, 3.05) is 7.05 Å². The molecule has 0 bridgehead atoms. The van der Waals surface area contributed by atoms with E-state index in [1.54, 1.807) is 6.20 Å². The molecule has 0 saturated heterocycles. The van der Waals surface area contributed by atoms with Crippen LogP contribution in [0.4, 0.5) is 0 Å². The van der Waals surface area contributed by atoms with Crippen LogP contribution in [0.3, 0.4) is 0 Å². The highest BCUT2D eigenvalue weighted by atomic mass is 32.2. The van der Waals surface area contributed by atoms with E-state index in [1.807, 2.05) is 30.3 Å². The van der Waals surface area contributed by atoms with E-state index in [0.717, 1.165) is 5.69 Å². The summed E-state index contributed by atoms with van der Waals surface area (Å²) in [5.41, 5.74) is 0.819. The van der Waals surface area contributed by atoms with E-state index in [-0.39, 0.29) is 5.03 Å². The van der Waals surface area contributed by atoms with Crippen LogP contribution in [-0.2, 0) is 10.0 Å². The zero-order valence-corrected chi connectivity index (χ0v) is 9.48. The summed E-state index contributed by atoms with van der Waals surface area (Å²) in [4.78, 5) is 0. The summed E-state index contributed by atoms with van der Waals surface area (Å²) in [6, 6.07) is 10.8. The summed E-state index contributed by atoms with van der Waals surface area (Å²) in [5, 5.41) is 4.00. The zero-order chi connectivity index (χ0) is 11.6. The van der Waals surface area contributed by atoms with E-state index >= 15 is 0 Å². The quantitative estimate of drug-likeness (QED) is 0.858. The predicted octanol–water partition coefficient (Wildman–Crippen LogP) is 0.780. The summed E-state index contributed by atoms with van der Waals surface area (Å²) in [5.74, 6) is 0. The zero-order valence-electron chi connectivity index (χ0n) is 8.66. The SMILES string of the molecule is CNS(=O)(=O)c1ccn(-c2ccccc2)n1. The Morgan fingerprint density at radius 2 is 1.88 bits per heavy atom. The van der Waals surface area contributed by atoms with Crippen LogP contribution in [-0.4, -0.2) is 25.2 Å². The smallest absolute Gasteiger partial charge is 0.240 e. The van der Waals surface area contributed by atoms with Crippen molar-refractivity contribution >= 4 is 10.0 Å². The lowest BCUT2D eigenvalue weighted by Gasteiger charge is -2.00. The van der Waals surface area contributed by atoms with Crippen molar-refractivity contribution in [2.24, 2.45) is 0 Å². The van der Waals surface area contributed by atoms with Crippen LogP contribution in [0.25, 0.3) is 5.69 Å². The van der Waals surface area contributed by atoms with Crippen molar-refractivity contribution in [3.8, 4) is 5.69 Å². The van der Waals surface area contributed by atoms with Gasteiger partial charge < -0.3 is 0 Å². The van der Waals surface area contributed by atoms with Crippen LogP contribution < -0.4 is 4.72 Å². The Morgan fingerprint density at radius 1 is 1.19 bits per heavy atom. The third-order valence-electron chi connectivity index (χ3n) is 2.13. The van der Waals surface area contributed by atoms with Crippen LogP contribution in [0.5, 0.6) is 0 Å². The minimum absolute atomic E-state index is 0.0128. The van der Waals surface area contributed by atoms with E-state index in [2.05, 4.69) is 9.82 Å². The minimum Gasteiger partial charge on any atom is -0.240 e. The molecule has 0 spiro atoms. The van der Waals surface area contributed by atoms with Crippen LogP contribution in [0.1, 0.15) is 0 Å². The van der Waals surface area contributed by atoms with Gasteiger partial charge in [-0.15, -0.1) is 0 Å². The Kier molecular flexibility index (Phi) is 2.76. The molecule has 0 aliphatic rings. The maximum absolute atomic E-state index is 11.5. The molecule has 0 fully saturated rings. The summed E-state index contributed by atoms with van der Waals surface area (Å²) in [7, 11) is -2.11. The number of nitrogens with one attached hydrogen (secondary N) is 1. The number of rotatable bonds is 3. The summed E-state index contributed by atoms with van der Waals surface area (Å²) >= 11 is 0. The normalized spacial score (nSPS) is 11.6. The van der Waals surface area contributed by atoms with Crippen LogP contribution in [0.2, 0.25) is 0 Å². The highest BCUT2D eigenvalue weighted by molar-refractivity contribution is 7.89. The molecule has 2 aromatic rings. The van der Waals surface area contributed by atoms with Gasteiger partial charge in [0.25, 0.3) is 10.0 Å². The lowest BCUT2D eigenvalue weighted by Crippen LogP contribution is -2.19. The first-order valence-electron chi connectivity index (χ1n) is 4.68. The van der Waals surface area contributed by atoms with Gasteiger partial charge in [-0.2, -0.15) is 5.10 Å². The first-order chi connectivity index (χ1) is 7.63. The van der Waals surface area contributed by atoms with E-state index in [9.17, 15) is 8.42 Å². The fraction of sp³-hybridized carbons (Fsp3) is 0.100. The van der Waals surface area contributed by atoms with E-state index in [0.29, 0.717) is 0 Å². The molecular weight excluding hydrogens is 226 g/mol. The van der Waals surface area contributed by atoms with Gasteiger partial charge in [-0.1, -0.05) is 18.2 Å². The van der Waals surface area contributed by atoms with Gasteiger partial charge in [-0.3, -0.25) is 0 Å². The van der Waals surface area contributed by atoms with Gasteiger partial charge in [-0.25, -0.2) is 17.8 Å². The van der Waals surface area contributed by atoms with Gasteiger partial charge in [-0.05, 0) is 25.2 Å². The highest BCUT2D eigenvalue weighted by Gasteiger charge is 2.14. The lowest BCUT2D eigenvalue weighted by molar-refractivity contribution is 0.582. The van der Waals surface area contributed by atoms with Gasteiger partial charge in [0.05, 0.1) is 5.69 Å². The van der Waals surface area contributed by atoms with Gasteiger partial charge >= 0.3 is 0 Å². The number of aromatic nitrogens is 2. The summed E-state index contributed by atoms with van der Waals surface area (Å²) in [6.07, 6.45) is 1.61. The average molecular weight is 237 g/mol. The van der Waals surface area contributed by atoms with E-state index in [4.69, 9.17) is 0 Å². The Labute approximate surface area is 93.8 Å². The second kappa shape index (κ2) is 4.07. The fourth-order valence-electron chi connectivity index (χ4n) is 1.28. The molecule has 0 aliphatic carbocycles. The number of benzene rings is 1. The summed E-state index contributed by atoms with van der Waals surface area (Å²) in [6.45, 7) is 0. The lowest BCUT2D eigenvalue weighted by atomic mass is 10.3. The topological polar surface area (TPSA) is 64.0 Å². The molecule has 16 heavy (non-hydrogen) atoms. The molecule has 1 aromatic heterocycles. The highest BCUT2D eigenvalue weighted by Crippen LogP contribution is 2.09. The summed E-state index contributed by atoms with van der Waals surface area (Å²) < 4.78 is 26.7. The largest absolute Gasteiger partial charge is 0.259 e. The van der Waals surface area contributed by atoms with Crippen molar-refractivity contribution in [1.29, 1.82) is 0 Å². The molecule has 84 valence electrons. The molecular formula is C10H11N3O2S. The second-order valence-electron chi connectivity index (χ2n) is 3.14. The first kappa shape index (κ1) is 10.8. The molecule has 0 amide bonds. The Bertz CT molecular complexity index is 575. The van der Waals surface area contributed by atoms with Crippen molar-refractivity contribution in [1.82, 2.24) is 14.5 Å². The molecule has 0 aliphatic heterocycles. The van der Waals surface area contributed by atoms with Crippen molar-refractivity contribution in [3.63, 3.8) is 0 Å². The maximum atomic E-state index is 11.5. The van der Waals surface area contributed by atoms with Crippen LogP contribution >= 0.6 is 0 Å². The first-order valence-corrected chi connectivity index (χ1v) is 6.16. The molecule has 0 radical (unpaired) electrons. The molecule has 0 unspecified atom stereocenters. The number of hydrogen-bond acceptors (Lipinski definition) is 3. The third kappa shape index (κ3) is 1.98. The average Bonchev–Trinajstić information content (AvgIpc) is 2.80. The van der Waals surface area contributed by atoms with Crippen molar-refractivity contribution in [2.45, 2.75) is 5.03 Å². The number of hydrogen-bond donors (Lipinski definition) is 1. The predicted molar refractivity (Wildman–Crippen MR) is 59.8 cm³/mol. The Morgan fingerprint density at radius 3 is 2.50 bits per heavy atom. The van der Waals surface area contributed by atoms with Crippen molar-refractivity contribution < 1.29 is 8.42 Å². The number of sulfonamides is 1. The standard InChI is InChI=1S/C10H11N3O2S/c1-11-16(14,15)10-7-8-13(12-10)9-5-3-2-4-6-9/h2-8,11H,1H3. The molecule has 0 saturated carbocycles. The monoisotopic (exact) mass is 237 g/mol. The molecule has 1 N–H and O–H groups in total. The van der Waals surface area contributed by atoms with Crippen LogP contribution in [0.15, 0.2) is 47.6 Å². The van der Waals surface area contributed by atoms with Gasteiger partial charge in [0.1, 0.15) is 0 Å². The second-order valence-corrected chi connectivity index (χ2v) is 4.98.